The summed E-state index contributed by atoms with van der Waals surface area (Å²) < 4.78 is 26.4. The Morgan fingerprint density at radius 1 is 1.33 bits per heavy atom. The molecule has 2 rings (SSSR count). The molecule has 0 saturated carbocycles. The quantitative estimate of drug-likeness (QED) is 0.910. The molecule has 0 aliphatic heterocycles. The van der Waals surface area contributed by atoms with E-state index >= 15 is 0 Å². The number of amides is 2. The van der Waals surface area contributed by atoms with E-state index in [4.69, 9.17) is 0 Å². The second kappa shape index (κ2) is 6.78. The van der Waals surface area contributed by atoms with Gasteiger partial charge in [0.25, 0.3) is 0 Å². The molecule has 0 unspecified atom stereocenters. The maximum Gasteiger partial charge on any atom is 0.315 e. The zero-order valence-electron chi connectivity index (χ0n) is 11.4. The average molecular weight is 291 g/mol. The number of carbonyl (C=O) groups is 1. The maximum atomic E-state index is 13.4. The monoisotopic (exact) mass is 291 g/mol. The third-order valence-electron chi connectivity index (χ3n) is 2.98. The second-order valence-corrected chi connectivity index (χ2v) is 4.57. The SMILES string of the molecule is C[C@@H](NC(=O)NCc1cc(F)ccc1F)c1cccnc1. The highest BCUT2D eigenvalue weighted by atomic mass is 19.1. The number of hydrogen-bond donors (Lipinski definition) is 2. The summed E-state index contributed by atoms with van der Waals surface area (Å²) in [5.41, 5.74) is 0.948. The van der Waals surface area contributed by atoms with E-state index in [9.17, 15) is 13.6 Å². The van der Waals surface area contributed by atoms with E-state index in [1.165, 1.54) is 0 Å². The third-order valence-corrected chi connectivity index (χ3v) is 2.98. The van der Waals surface area contributed by atoms with Crippen LogP contribution in [0.25, 0.3) is 0 Å². The smallest absolute Gasteiger partial charge is 0.315 e. The molecule has 0 radical (unpaired) electrons. The number of hydrogen-bond acceptors (Lipinski definition) is 2. The van der Waals surface area contributed by atoms with Gasteiger partial charge in [-0.3, -0.25) is 4.98 Å². The molecule has 2 amide bonds. The fraction of sp³-hybridized carbons (Fsp3) is 0.200. The molecule has 2 aromatic rings. The molecule has 0 fully saturated rings. The van der Waals surface area contributed by atoms with Gasteiger partial charge in [-0.2, -0.15) is 0 Å². The molecule has 0 spiro atoms. The number of carbonyl (C=O) groups excluding carboxylic acids is 1. The molecule has 0 saturated heterocycles. The van der Waals surface area contributed by atoms with E-state index in [1.807, 2.05) is 6.07 Å². The van der Waals surface area contributed by atoms with E-state index in [0.717, 1.165) is 23.8 Å². The van der Waals surface area contributed by atoms with Crippen LogP contribution in [0, 0.1) is 11.6 Å². The van der Waals surface area contributed by atoms with Crippen LogP contribution in [-0.2, 0) is 6.54 Å². The van der Waals surface area contributed by atoms with Crippen molar-refractivity contribution in [3.63, 3.8) is 0 Å². The van der Waals surface area contributed by atoms with Crippen LogP contribution < -0.4 is 10.6 Å². The summed E-state index contributed by atoms with van der Waals surface area (Å²) >= 11 is 0. The summed E-state index contributed by atoms with van der Waals surface area (Å²) in [6.45, 7) is 1.72. The Hall–Kier alpha value is -2.50. The van der Waals surface area contributed by atoms with Crippen molar-refractivity contribution in [2.75, 3.05) is 0 Å². The van der Waals surface area contributed by atoms with Crippen LogP contribution in [0.3, 0.4) is 0 Å². The lowest BCUT2D eigenvalue weighted by atomic mass is 10.1. The fourth-order valence-electron chi connectivity index (χ4n) is 1.82. The second-order valence-electron chi connectivity index (χ2n) is 4.57. The lowest BCUT2D eigenvalue weighted by Gasteiger charge is -2.14. The van der Waals surface area contributed by atoms with Gasteiger partial charge in [-0.25, -0.2) is 13.6 Å². The standard InChI is InChI=1S/C15H15F2N3O/c1-10(11-3-2-6-18-8-11)20-15(21)19-9-12-7-13(16)4-5-14(12)17/h2-8,10H,9H2,1H3,(H2,19,20,21)/t10-/m1/s1. The molecule has 4 nitrogen and oxygen atoms in total. The highest BCUT2D eigenvalue weighted by molar-refractivity contribution is 5.74. The molecule has 0 aliphatic carbocycles. The fourth-order valence-corrected chi connectivity index (χ4v) is 1.82. The largest absolute Gasteiger partial charge is 0.334 e. The number of nitrogens with one attached hydrogen (secondary N) is 2. The molecule has 0 aliphatic rings. The van der Waals surface area contributed by atoms with Crippen LogP contribution in [0.15, 0.2) is 42.7 Å². The molecule has 0 bridgehead atoms. The van der Waals surface area contributed by atoms with Crippen molar-refractivity contribution in [1.82, 2.24) is 15.6 Å². The van der Waals surface area contributed by atoms with Crippen molar-refractivity contribution in [2.24, 2.45) is 0 Å². The highest BCUT2D eigenvalue weighted by Crippen LogP contribution is 2.11. The number of nitrogens with zero attached hydrogens (tertiary/aromatic N) is 1. The molecule has 1 aromatic heterocycles. The predicted octanol–water partition coefficient (Wildman–Crippen LogP) is 2.92. The van der Waals surface area contributed by atoms with Crippen molar-refractivity contribution in [2.45, 2.75) is 19.5 Å². The molecule has 2 N–H and O–H groups in total. The van der Waals surface area contributed by atoms with Crippen molar-refractivity contribution >= 4 is 6.03 Å². The number of benzene rings is 1. The maximum absolute atomic E-state index is 13.4. The van der Waals surface area contributed by atoms with Crippen LogP contribution >= 0.6 is 0 Å². The first-order valence-electron chi connectivity index (χ1n) is 6.44. The van der Waals surface area contributed by atoms with Crippen LogP contribution in [0.1, 0.15) is 24.1 Å². The number of pyridine rings is 1. The Kier molecular flexibility index (Phi) is 4.81. The Labute approximate surface area is 121 Å². The van der Waals surface area contributed by atoms with Crippen molar-refractivity contribution < 1.29 is 13.6 Å². The Morgan fingerprint density at radius 3 is 2.86 bits per heavy atom. The normalized spacial score (nSPS) is 11.8. The Balaban J connectivity index is 1.89. The van der Waals surface area contributed by atoms with Gasteiger partial charge in [-0.1, -0.05) is 6.07 Å². The summed E-state index contributed by atoms with van der Waals surface area (Å²) in [6.07, 6.45) is 3.29. The zero-order chi connectivity index (χ0) is 15.2. The third kappa shape index (κ3) is 4.24. The zero-order valence-corrected chi connectivity index (χ0v) is 11.4. The van der Waals surface area contributed by atoms with E-state index in [-0.39, 0.29) is 18.2 Å². The highest BCUT2D eigenvalue weighted by Gasteiger charge is 2.10. The van der Waals surface area contributed by atoms with Gasteiger partial charge in [-0.15, -0.1) is 0 Å². The summed E-state index contributed by atoms with van der Waals surface area (Å²) in [5, 5.41) is 5.18. The summed E-state index contributed by atoms with van der Waals surface area (Å²) in [5.74, 6) is -1.10. The first kappa shape index (κ1) is 14.9. The molecule has 21 heavy (non-hydrogen) atoms. The number of aromatic nitrogens is 1. The van der Waals surface area contributed by atoms with Crippen LogP contribution in [-0.4, -0.2) is 11.0 Å². The first-order chi connectivity index (χ1) is 10.1. The van der Waals surface area contributed by atoms with Gasteiger partial charge >= 0.3 is 6.03 Å². The van der Waals surface area contributed by atoms with Crippen molar-refractivity contribution in [1.29, 1.82) is 0 Å². The van der Waals surface area contributed by atoms with Gasteiger partial charge in [0.15, 0.2) is 0 Å². The molecular weight excluding hydrogens is 276 g/mol. The minimum absolute atomic E-state index is 0.0881. The van der Waals surface area contributed by atoms with Gasteiger partial charge in [0.2, 0.25) is 0 Å². The van der Waals surface area contributed by atoms with E-state index in [0.29, 0.717) is 0 Å². The Bertz CT molecular complexity index is 620. The van der Waals surface area contributed by atoms with E-state index < -0.39 is 17.7 Å². The molecule has 1 atom stereocenters. The average Bonchev–Trinajstić information content (AvgIpc) is 2.49. The molecule has 110 valence electrons. The number of rotatable bonds is 4. The Morgan fingerprint density at radius 2 is 2.14 bits per heavy atom. The number of urea groups is 1. The van der Waals surface area contributed by atoms with Gasteiger partial charge in [0.1, 0.15) is 11.6 Å². The van der Waals surface area contributed by atoms with E-state index in [2.05, 4.69) is 15.6 Å². The summed E-state index contributed by atoms with van der Waals surface area (Å²) in [4.78, 5) is 15.7. The minimum Gasteiger partial charge on any atom is -0.334 e. The lowest BCUT2D eigenvalue weighted by molar-refractivity contribution is 0.237. The summed E-state index contributed by atoms with van der Waals surface area (Å²) in [7, 11) is 0. The van der Waals surface area contributed by atoms with Gasteiger partial charge in [0, 0.05) is 24.5 Å². The van der Waals surface area contributed by atoms with Crippen molar-refractivity contribution in [3.05, 3.63) is 65.5 Å². The lowest BCUT2D eigenvalue weighted by Crippen LogP contribution is -2.36. The number of halogens is 2. The predicted molar refractivity (Wildman–Crippen MR) is 74.4 cm³/mol. The van der Waals surface area contributed by atoms with Crippen LogP contribution in [0.2, 0.25) is 0 Å². The van der Waals surface area contributed by atoms with E-state index in [1.54, 1.807) is 25.4 Å². The van der Waals surface area contributed by atoms with Gasteiger partial charge in [0.05, 0.1) is 6.04 Å². The molecule has 1 heterocycles. The van der Waals surface area contributed by atoms with Gasteiger partial charge < -0.3 is 10.6 Å². The topological polar surface area (TPSA) is 54.0 Å². The van der Waals surface area contributed by atoms with Gasteiger partial charge in [-0.05, 0) is 36.8 Å². The van der Waals surface area contributed by atoms with Crippen LogP contribution in [0.5, 0.6) is 0 Å². The first-order valence-corrected chi connectivity index (χ1v) is 6.44. The molecule has 6 heteroatoms. The van der Waals surface area contributed by atoms with Crippen molar-refractivity contribution in [3.8, 4) is 0 Å². The minimum atomic E-state index is -0.558. The molecule has 1 aromatic carbocycles. The molecular formula is C15H15F2N3O. The summed E-state index contributed by atoms with van der Waals surface area (Å²) in [6, 6.07) is 6.02. The van der Waals surface area contributed by atoms with Crippen LogP contribution in [0.4, 0.5) is 13.6 Å².